The molecule has 4 N–H and O–H groups in total. The summed E-state index contributed by atoms with van der Waals surface area (Å²) in [5.74, 6) is 0.0240. The van der Waals surface area contributed by atoms with Crippen LogP contribution in [0.3, 0.4) is 0 Å². The Morgan fingerprint density at radius 1 is 1.60 bits per heavy atom. The number of amides is 1. The van der Waals surface area contributed by atoms with Crippen LogP contribution in [0.5, 0.6) is 0 Å². The molecule has 0 spiro atoms. The molecule has 0 saturated carbocycles. The summed E-state index contributed by atoms with van der Waals surface area (Å²) in [6, 6.07) is 0. The maximum Gasteiger partial charge on any atom is 0.233 e. The number of carbonyl (C=O) groups excluding carboxylic acids is 1. The van der Waals surface area contributed by atoms with E-state index >= 15 is 0 Å². The molecule has 0 aliphatic heterocycles. The molecule has 0 aromatic rings. The zero-order valence-corrected chi connectivity index (χ0v) is 6.31. The molecule has 0 aliphatic rings. The second-order valence-electron chi connectivity index (χ2n) is 1.92. The summed E-state index contributed by atoms with van der Waals surface area (Å²) in [6.07, 6.45) is 0. The van der Waals surface area contributed by atoms with Crippen molar-refractivity contribution in [3.8, 4) is 0 Å². The first kappa shape index (κ1) is 9.39. The molecule has 0 rings (SSSR count). The van der Waals surface area contributed by atoms with Crippen LogP contribution in [0.4, 0.5) is 0 Å². The summed E-state index contributed by atoms with van der Waals surface area (Å²) in [5, 5.41) is 5.54. The molecule has 0 aromatic carbocycles. The molecule has 60 valence electrons. The molecule has 1 amide bonds. The van der Waals surface area contributed by atoms with Crippen molar-refractivity contribution in [2.45, 2.75) is 6.92 Å². The van der Waals surface area contributed by atoms with Crippen LogP contribution in [0.25, 0.3) is 0 Å². The number of hydrogen-bond donors (Lipinski definition) is 3. The third-order valence-corrected chi connectivity index (χ3v) is 0.981. The number of likely N-dealkylation sites (N-methyl/N-ethyl adjacent to an activating group) is 1. The van der Waals surface area contributed by atoms with Gasteiger partial charge in [0.25, 0.3) is 0 Å². The normalized spacial score (nSPS) is 9.40. The fourth-order valence-corrected chi connectivity index (χ4v) is 0.564. The Hall–Kier alpha value is -0.610. The SMILES string of the molecule is CCNC(=O)CNCCN. The lowest BCUT2D eigenvalue weighted by atomic mass is 10.5. The van der Waals surface area contributed by atoms with Crippen molar-refractivity contribution in [1.29, 1.82) is 0 Å². The van der Waals surface area contributed by atoms with Crippen LogP contribution in [-0.2, 0) is 4.79 Å². The zero-order valence-electron chi connectivity index (χ0n) is 6.31. The van der Waals surface area contributed by atoms with Gasteiger partial charge in [0.2, 0.25) is 5.91 Å². The van der Waals surface area contributed by atoms with Gasteiger partial charge in [-0.1, -0.05) is 0 Å². The fourth-order valence-electron chi connectivity index (χ4n) is 0.564. The van der Waals surface area contributed by atoms with Gasteiger partial charge < -0.3 is 16.4 Å². The van der Waals surface area contributed by atoms with Gasteiger partial charge in [-0.05, 0) is 6.92 Å². The van der Waals surface area contributed by atoms with Gasteiger partial charge in [-0.2, -0.15) is 0 Å². The molecule has 0 fully saturated rings. The summed E-state index contributed by atoms with van der Waals surface area (Å²) >= 11 is 0. The molecule has 0 aliphatic carbocycles. The van der Waals surface area contributed by atoms with Crippen molar-refractivity contribution in [3.05, 3.63) is 0 Å². The summed E-state index contributed by atoms with van der Waals surface area (Å²) in [7, 11) is 0. The summed E-state index contributed by atoms with van der Waals surface area (Å²) < 4.78 is 0. The number of nitrogens with two attached hydrogens (primary N) is 1. The Kier molecular flexibility index (Phi) is 6.11. The predicted octanol–water partition coefficient (Wildman–Crippen LogP) is -1.33. The third kappa shape index (κ3) is 5.53. The molecule has 4 nitrogen and oxygen atoms in total. The van der Waals surface area contributed by atoms with Gasteiger partial charge in [-0.3, -0.25) is 4.79 Å². The highest BCUT2D eigenvalue weighted by Gasteiger charge is 1.94. The highest BCUT2D eigenvalue weighted by molar-refractivity contribution is 5.77. The number of nitrogens with one attached hydrogen (secondary N) is 2. The minimum atomic E-state index is 0.0240. The van der Waals surface area contributed by atoms with Crippen LogP contribution in [0.2, 0.25) is 0 Å². The average Bonchev–Trinajstić information content (AvgIpc) is 1.89. The average molecular weight is 145 g/mol. The van der Waals surface area contributed by atoms with Crippen LogP contribution in [0, 0.1) is 0 Å². The molecule has 0 saturated heterocycles. The molecular weight excluding hydrogens is 130 g/mol. The van der Waals surface area contributed by atoms with E-state index in [1.807, 2.05) is 6.92 Å². The molecule has 0 unspecified atom stereocenters. The maximum atomic E-state index is 10.7. The second-order valence-corrected chi connectivity index (χ2v) is 1.92. The Morgan fingerprint density at radius 3 is 2.80 bits per heavy atom. The van der Waals surface area contributed by atoms with Crippen molar-refractivity contribution in [2.75, 3.05) is 26.2 Å². The van der Waals surface area contributed by atoms with E-state index in [1.165, 1.54) is 0 Å². The van der Waals surface area contributed by atoms with E-state index in [9.17, 15) is 4.79 Å². The summed E-state index contributed by atoms with van der Waals surface area (Å²) in [4.78, 5) is 10.7. The van der Waals surface area contributed by atoms with Crippen LogP contribution in [0.1, 0.15) is 6.92 Å². The fraction of sp³-hybridized carbons (Fsp3) is 0.833. The molecule has 0 aromatic heterocycles. The first-order valence-electron chi connectivity index (χ1n) is 3.48. The Morgan fingerprint density at radius 2 is 2.30 bits per heavy atom. The van der Waals surface area contributed by atoms with Crippen molar-refractivity contribution in [1.82, 2.24) is 10.6 Å². The molecular formula is C6H15N3O. The van der Waals surface area contributed by atoms with Crippen molar-refractivity contribution in [3.63, 3.8) is 0 Å². The lowest BCUT2D eigenvalue weighted by Gasteiger charge is -2.01. The summed E-state index contributed by atoms with van der Waals surface area (Å²) in [5.41, 5.74) is 5.19. The van der Waals surface area contributed by atoms with Gasteiger partial charge in [0.1, 0.15) is 0 Å². The summed E-state index contributed by atoms with van der Waals surface area (Å²) in [6.45, 7) is 4.20. The van der Waals surface area contributed by atoms with E-state index in [2.05, 4.69) is 10.6 Å². The lowest BCUT2D eigenvalue weighted by Crippen LogP contribution is -2.35. The first-order valence-corrected chi connectivity index (χ1v) is 3.48. The van der Waals surface area contributed by atoms with Crippen molar-refractivity contribution >= 4 is 5.91 Å². The molecule has 10 heavy (non-hydrogen) atoms. The zero-order chi connectivity index (χ0) is 7.82. The van der Waals surface area contributed by atoms with Gasteiger partial charge in [0.15, 0.2) is 0 Å². The monoisotopic (exact) mass is 145 g/mol. The third-order valence-electron chi connectivity index (χ3n) is 0.981. The van der Waals surface area contributed by atoms with E-state index in [0.29, 0.717) is 26.2 Å². The highest BCUT2D eigenvalue weighted by atomic mass is 16.1. The number of rotatable bonds is 5. The predicted molar refractivity (Wildman–Crippen MR) is 40.6 cm³/mol. The Labute approximate surface area is 61.2 Å². The molecule has 0 heterocycles. The first-order chi connectivity index (χ1) is 4.81. The standard InChI is InChI=1S/C6H15N3O/c1-2-9-6(10)5-8-4-3-7/h8H,2-5,7H2,1H3,(H,9,10). The molecule has 0 atom stereocenters. The lowest BCUT2D eigenvalue weighted by molar-refractivity contribution is -0.120. The van der Waals surface area contributed by atoms with Gasteiger partial charge in [-0.15, -0.1) is 0 Å². The smallest absolute Gasteiger partial charge is 0.233 e. The topological polar surface area (TPSA) is 67.2 Å². The minimum Gasteiger partial charge on any atom is -0.355 e. The van der Waals surface area contributed by atoms with Gasteiger partial charge >= 0.3 is 0 Å². The van der Waals surface area contributed by atoms with Crippen LogP contribution in [0.15, 0.2) is 0 Å². The van der Waals surface area contributed by atoms with E-state index in [4.69, 9.17) is 5.73 Å². The molecule has 0 radical (unpaired) electrons. The quantitative estimate of drug-likeness (QED) is 0.420. The second kappa shape index (κ2) is 6.51. The van der Waals surface area contributed by atoms with Crippen LogP contribution in [-0.4, -0.2) is 32.1 Å². The largest absolute Gasteiger partial charge is 0.355 e. The van der Waals surface area contributed by atoms with Crippen molar-refractivity contribution in [2.24, 2.45) is 5.73 Å². The molecule has 4 heteroatoms. The maximum absolute atomic E-state index is 10.7. The van der Waals surface area contributed by atoms with E-state index in [0.717, 1.165) is 0 Å². The van der Waals surface area contributed by atoms with Gasteiger partial charge in [0, 0.05) is 19.6 Å². The van der Waals surface area contributed by atoms with Crippen LogP contribution < -0.4 is 16.4 Å². The van der Waals surface area contributed by atoms with E-state index in [1.54, 1.807) is 0 Å². The van der Waals surface area contributed by atoms with Gasteiger partial charge in [-0.25, -0.2) is 0 Å². The molecule has 0 bridgehead atoms. The van der Waals surface area contributed by atoms with Crippen LogP contribution >= 0.6 is 0 Å². The Balaban J connectivity index is 3.05. The van der Waals surface area contributed by atoms with E-state index < -0.39 is 0 Å². The van der Waals surface area contributed by atoms with E-state index in [-0.39, 0.29) is 5.91 Å². The highest BCUT2D eigenvalue weighted by Crippen LogP contribution is 1.61. The number of carbonyl (C=O) groups is 1. The van der Waals surface area contributed by atoms with Gasteiger partial charge in [0.05, 0.1) is 6.54 Å². The number of hydrogen-bond acceptors (Lipinski definition) is 3. The minimum absolute atomic E-state index is 0.0240. The van der Waals surface area contributed by atoms with Crippen molar-refractivity contribution < 1.29 is 4.79 Å². The Bertz CT molecular complexity index is 95.0.